The van der Waals surface area contributed by atoms with Crippen molar-refractivity contribution in [1.29, 1.82) is 0 Å². The van der Waals surface area contributed by atoms with E-state index in [1.807, 2.05) is 12.1 Å². The Morgan fingerprint density at radius 2 is 2.07 bits per heavy atom. The Morgan fingerprint density at radius 3 is 2.83 bits per heavy atom. The van der Waals surface area contributed by atoms with E-state index in [1.165, 1.54) is 23.4 Å². The largest absolute Gasteiger partial charge is 0.478 e. The van der Waals surface area contributed by atoms with E-state index in [1.54, 1.807) is 24.4 Å². The Morgan fingerprint density at radius 1 is 1.24 bits per heavy atom. The second-order valence-corrected chi connectivity index (χ2v) is 7.35. The molecule has 2 aromatic carbocycles. The van der Waals surface area contributed by atoms with Gasteiger partial charge in [-0.15, -0.1) is 0 Å². The summed E-state index contributed by atoms with van der Waals surface area (Å²) in [6, 6.07) is 14.8. The lowest BCUT2D eigenvalue weighted by atomic mass is 9.94. The monoisotopic (exact) mass is 390 g/mol. The Balaban J connectivity index is 1.60. The van der Waals surface area contributed by atoms with Crippen LogP contribution < -0.4 is 0 Å². The molecule has 29 heavy (non-hydrogen) atoms. The minimum Gasteiger partial charge on any atom is -0.478 e. The maximum absolute atomic E-state index is 14.2. The fraction of sp³-hybridized carbons (Fsp3) is 0.250. The molecule has 0 aliphatic carbocycles. The third kappa shape index (κ3) is 3.78. The highest BCUT2D eigenvalue weighted by Crippen LogP contribution is 2.39. The van der Waals surface area contributed by atoms with Crippen molar-refractivity contribution in [3.8, 4) is 11.1 Å². The summed E-state index contributed by atoms with van der Waals surface area (Å²) in [7, 11) is 0. The van der Waals surface area contributed by atoms with E-state index < -0.39 is 5.97 Å². The number of benzene rings is 2. The first-order valence-electron chi connectivity index (χ1n) is 9.86. The fourth-order valence-electron chi connectivity index (χ4n) is 4.25. The van der Waals surface area contributed by atoms with Gasteiger partial charge in [0.2, 0.25) is 0 Å². The van der Waals surface area contributed by atoms with Crippen molar-refractivity contribution >= 4 is 5.97 Å². The van der Waals surface area contributed by atoms with Crippen LogP contribution in [0.3, 0.4) is 0 Å². The SMILES string of the molecule is CCN1Cc2cc(-c3ccccc3F)ccc2[C@H]1CCc1cnccc1C(=O)O. The summed E-state index contributed by atoms with van der Waals surface area (Å²) in [5.74, 6) is -1.14. The van der Waals surface area contributed by atoms with Crippen LogP contribution in [0.1, 0.15) is 46.4 Å². The van der Waals surface area contributed by atoms with Crippen LogP contribution >= 0.6 is 0 Å². The lowest BCUT2D eigenvalue weighted by Crippen LogP contribution is -2.22. The molecule has 4 rings (SSSR count). The number of aromatic nitrogens is 1. The molecule has 0 saturated heterocycles. The van der Waals surface area contributed by atoms with Gasteiger partial charge in [-0.1, -0.05) is 37.3 Å². The Bertz CT molecular complexity index is 1050. The molecule has 2 heterocycles. The number of aromatic carboxylic acids is 1. The third-order valence-electron chi connectivity index (χ3n) is 5.73. The number of aryl methyl sites for hydroxylation is 1. The summed E-state index contributed by atoms with van der Waals surface area (Å²) in [6.45, 7) is 3.84. The maximum atomic E-state index is 14.2. The van der Waals surface area contributed by atoms with Crippen molar-refractivity contribution in [3.05, 3.63) is 89.0 Å². The molecule has 0 amide bonds. The number of carbonyl (C=O) groups is 1. The standard InChI is InChI=1S/C24H23FN2O2/c1-2-27-15-18-13-16(19-5-3-4-6-22(19)25)7-9-20(18)23(27)10-8-17-14-26-12-11-21(17)24(28)29/h3-7,9,11-14,23H,2,8,10,15H2,1H3,(H,28,29)/t23-/m1/s1. The number of nitrogens with zero attached hydrogens (tertiary/aromatic N) is 2. The molecule has 0 bridgehead atoms. The first-order chi connectivity index (χ1) is 14.1. The molecule has 0 radical (unpaired) electrons. The van der Waals surface area contributed by atoms with Crippen LogP contribution in [0.15, 0.2) is 60.9 Å². The number of carboxylic acid groups (broad SMARTS) is 1. The highest BCUT2D eigenvalue weighted by molar-refractivity contribution is 5.89. The maximum Gasteiger partial charge on any atom is 0.336 e. The van der Waals surface area contributed by atoms with Gasteiger partial charge in [-0.05, 0) is 59.8 Å². The molecule has 0 spiro atoms. The van der Waals surface area contributed by atoms with E-state index in [4.69, 9.17) is 0 Å². The summed E-state index contributed by atoms with van der Waals surface area (Å²) < 4.78 is 14.2. The number of carboxylic acids is 1. The van der Waals surface area contributed by atoms with E-state index in [0.29, 0.717) is 17.5 Å². The van der Waals surface area contributed by atoms with Gasteiger partial charge in [0.15, 0.2) is 0 Å². The second-order valence-electron chi connectivity index (χ2n) is 7.35. The quantitative estimate of drug-likeness (QED) is 0.637. The van der Waals surface area contributed by atoms with Crippen LogP contribution in [0.25, 0.3) is 11.1 Å². The lowest BCUT2D eigenvalue weighted by molar-refractivity contribution is 0.0695. The predicted octanol–water partition coefficient (Wildman–Crippen LogP) is 5.10. The van der Waals surface area contributed by atoms with Crippen molar-refractivity contribution in [2.75, 3.05) is 6.54 Å². The molecule has 1 aliphatic heterocycles. The first kappa shape index (κ1) is 19.3. The molecular formula is C24H23FN2O2. The minimum absolute atomic E-state index is 0.214. The van der Waals surface area contributed by atoms with Crippen LogP contribution in [-0.2, 0) is 13.0 Å². The molecule has 148 valence electrons. The van der Waals surface area contributed by atoms with Gasteiger partial charge < -0.3 is 5.11 Å². The van der Waals surface area contributed by atoms with Gasteiger partial charge in [-0.3, -0.25) is 9.88 Å². The summed E-state index contributed by atoms with van der Waals surface area (Å²) in [4.78, 5) is 17.9. The zero-order valence-corrected chi connectivity index (χ0v) is 16.3. The van der Waals surface area contributed by atoms with Crippen molar-refractivity contribution < 1.29 is 14.3 Å². The van der Waals surface area contributed by atoms with Crippen LogP contribution in [0.2, 0.25) is 0 Å². The van der Waals surface area contributed by atoms with E-state index in [2.05, 4.69) is 28.9 Å². The van der Waals surface area contributed by atoms with Crippen molar-refractivity contribution in [2.45, 2.75) is 32.4 Å². The highest BCUT2D eigenvalue weighted by atomic mass is 19.1. The molecule has 3 aromatic rings. The van der Waals surface area contributed by atoms with Crippen molar-refractivity contribution in [1.82, 2.24) is 9.88 Å². The Kier molecular flexibility index (Phi) is 5.41. The molecule has 0 saturated carbocycles. The number of hydrogen-bond acceptors (Lipinski definition) is 3. The van der Waals surface area contributed by atoms with E-state index >= 15 is 0 Å². The Hall–Kier alpha value is -3.05. The Labute approximate surface area is 169 Å². The van der Waals surface area contributed by atoms with Gasteiger partial charge in [0.05, 0.1) is 5.56 Å². The molecule has 1 atom stereocenters. The average molecular weight is 390 g/mol. The number of fused-ring (bicyclic) bond motifs is 1. The molecule has 1 aromatic heterocycles. The van der Waals surface area contributed by atoms with Crippen LogP contribution in [0.5, 0.6) is 0 Å². The van der Waals surface area contributed by atoms with E-state index in [0.717, 1.165) is 30.6 Å². The molecule has 5 heteroatoms. The minimum atomic E-state index is -0.920. The lowest BCUT2D eigenvalue weighted by Gasteiger charge is -2.23. The van der Waals surface area contributed by atoms with Crippen molar-refractivity contribution in [2.24, 2.45) is 0 Å². The number of pyridine rings is 1. The van der Waals surface area contributed by atoms with Crippen LogP contribution in [0, 0.1) is 5.82 Å². The first-order valence-corrected chi connectivity index (χ1v) is 9.86. The molecule has 4 nitrogen and oxygen atoms in total. The zero-order valence-electron chi connectivity index (χ0n) is 16.3. The van der Waals surface area contributed by atoms with Gasteiger partial charge in [0.1, 0.15) is 5.82 Å². The summed E-state index contributed by atoms with van der Waals surface area (Å²) in [5, 5.41) is 9.41. The summed E-state index contributed by atoms with van der Waals surface area (Å²) in [5.41, 5.74) is 5.03. The van der Waals surface area contributed by atoms with Gasteiger partial charge >= 0.3 is 5.97 Å². The third-order valence-corrected chi connectivity index (χ3v) is 5.73. The van der Waals surface area contributed by atoms with Crippen LogP contribution in [0.4, 0.5) is 4.39 Å². The topological polar surface area (TPSA) is 53.4 Å². The van der Waals surface area contributed by atoms with Gasteiger partial charge in [0.25, 0.3) is 0 Å². The smallest absolute Gasteiger partial charge is 0.336 e. The zero-order chi connectivity index (χ0) is 20.4. The molecule has 1 N–H and O–H groups in total. The second kappa shape index (κ2) is 8.13. The number of halogens is 1. The predicted molar refractivity (Wildman–Crippen MR) is 110 cm³/mol. The highest BCUT2D eigenvalue weighted by Gasteiger charge is 2.29. The average Bonchev–Trinajstić information content (AvgIpc) is 3.09. The fourth-order valence-corrected chi connectivity index (χ4v) is 4.25. The van der Waals surface area contributed by atoms with Gasteiger partial charge in [-0.2, -0.15) is 0 Å². The molecular weight excluding hydrogens is 367 g/mol. The summed E-state index contributed by atoms with van der Waals surface area (Å²) >= 11 is 0. The number of rotatable bonds is 6. The van der Waals surface area contributed by atoms with Crippen LogP contribution in [-0.4, -0.2) is 27.5 Å². The van der Waals surface area contributed by atoms with Gasteiger partial charge in [0, 0.05) is 30.5 Å². The molecule has 0 unspecified atom stereocenters. The van der Waals surface area contributed by atoms with Gasteiger partial charge in [-0.25, -0.2) is 9.18 Å². The molecule has 1 aliphatic rings. The van der Waals surface area contributed by atoms with Crippen molar-refractivity contribution in [3.63, 3.8) is 0 Å². The molecule has 0 fully saturated rings. The van der Waals surface area contributed by atoms with E-state index in [-0.39, 0.29) is 11.9 Å². The van der Waals surface area contributed by atoms with E-state index in [9.17, 15) is 14.3 Å². The number of hydrogen-bond donors (Lipinski definition) is 1. The normalized spacial score (nSPS) is 16.0. The summed E-state index contributed by atoms with van der Waals surface area (Å²) in [6.07, 6.45) is 4.62.